The molecule has 0 radical (unpaired) electrons. The maximum absolute atomic E-state index is 11.0. The van der Waals surface area contributed by atoms with E-state index in [0.717, 1.165) is 11.8 Å². The highest BCUT2D eigenvalue weighted by atomic mass is 32.2. The third-order valence-electron chi connectivity index (χ3n) is 1.97. The zero-order valence-electron chi connectivity index (χ0n) is 7.93. The number of phenolic OH excluding ortho intramolecular Hbond substituents is 2. The molecule has 0 unspecified atom stereocenters. The molecule has 0 aromatic heterocycles. The van der Waals surface area contributed by atoms with Gasteiger partial charge in [0.25, 0.3) is 5.24 Å². The van der Waals surface area contributed by atoms with Gasteiger partial charge in [0.2, 0.25) is 0 Å². The van der Waals surface area contributed by atoms with Crippen LogP contribution in [0.1, 0.15) is 5.56 Å². The molecule has 1 saturated heterocycles. The van der Waals surface area contributed by atoms with E-state index in [0.29, 0.717) is 15.5 Å². The third-order valence-corrected chi connectivity index (χ3v) is 3.26. The molecule has 16 heavy (non-hydrogen) atoms. The van der Waals surface area contributed by atoms with Gasteiger partial charge in [-0.05, 0) is 23.9 Å². The fraction of sp³-hybridized carbons (Fsp3) is 0. The molecule has 4 nitrogen and oxygen atoms in total. The van der Waals surface area contributed by atoms with E-state index in [1.54, 1.807) is 18.2 Å². The summed E-state index contributed by atoms with van der Waals surface area (Å²) >= 11 is 5.89. The number of carbonyl (C=O) groups excluding carboxylic acids is 1. The van der Waals surface area contributed by atoms with Crippen molar-refractivity contribution >= 4 is 40.3 Å². The fourth-order valence-electron chi connectivity index (χ4n) is 1.23. The quantitative estimate of drug-likeness (QED) is 0.407. The molecule has 1 heterocycles. The maximum atomic E-state index is 11.0. The average molecular weight is 253 g/mol. The first-order valence-corrected chi connectivity index (χ1v) is 5.56. The van der Waals surface area contributed by atoms with Crippen LogP contribution in [0.2, 0.25) is 0 Å². The minimum absolute atomic E-state index is 0.206. The Kier molecular flexibility index (Phi) is 2.84. The Bertz CT molecular complexity index is 511. The SMILES string of the molecule is O=C1NC(=S)/C(=C\c2cccc(O)c2O)S1. The molecule has 3 N–H and O–H groups in total. The lowest BCUT2D eigenvalue weighted by Crippen LogP contribution is -2.15. The molecule has 1 aromatic carbocycles. The van der Waals surface area contributed by atoms with Gasteiger partial charge < -0.3 is 15.5 Å². The summed E-state index contributed by atoms with van der Waals surface area (Å²) in [4.78, 5) is 11.9. The predicted octanol–water partition coefficient (Wildman–Crippen LogP) is 2.22. The van der Waals surface area contributed by atoms with Gasteiger partial charge in [-0.1, -0.05) is 24.4 Å². The molecule has 0 bridgehead atoms. The van der Waals surface area contributed by atoms with Crippen LogP contribution in [0.4, 0.5) is 4.79 Å². The molecule has 6 heteroatoms. The third kappa shape index (κ3) is 2.02. The predicted molar refractivity (Wildman–Crippen MR) is 66.5 cm³/mol. The number of hydrogen-bond donors (Lipinski definition) is 3. The smallest absolute Gasteiger partial charge is 0.289 e. The maximum Gasteiger partial charge on any atom is 0.289 e. The van der Waals surface area contributed by atoms with Crippen LogP contribution in [0, 0.1) is 0 Å². The lowest BCUT2D eigenvalue weighted by atomic mass is 10.1. The number of carbonyl (C=O) groups is 1. The molecule has 1 aliphatic rings. The summed E-state index contributed by atoms with van der Waals surface area (Å²) in [6, 6.07) is 4.59. The Morgan fingerprint density at radius 3 is 2.75 bits per heavy atom. The molecule has 0 atom stereocenters. The highest BCUT2D eigenvalue weighted by molar-refractivity contribution is 8.19. The average Bonchev–Trinajstić information content (AvgIpc) is 2.53. The van der Waals surface area contributed by atoms with E-state index >= 15 is 0 Å². The first-order chi connectivity index (χ1) is 7.58. The summed E-state index contributed by atoms with van der Waals surface area (Å²) in [5, 5.41) is 21.1. The van der Waals surface area contributed by atoms with E-state index in [1.807, 2.05) is 0 Å². The van der Waals surface area contributed by atoms with Crippen molar-refractivity contribution in [3.05, 3.63) is 28.7 Å². The second-order valence-corrected chi connectivity index (χ2v) is 4.49. The highest BCUT2D eigenvalue weighted by Crippen LogP contribution is 2.33. The van der Waals surface area contributed by atoms with Gasteiger partial charge in [0.1, 0.15) is 4.99 Å². The number of para-hydroxylation sites is 1. The van der Waals surface area contributed by atoms with Crippen molar-refractivity contribution in [2.24, 2.45) is 0 Å². The Balaban J connectivity index is 2.40. The van der Waals surface area contributed by atoms with Gasteiger partial charge in [-0.3, -0.25) is 4.79 Å². The number of aromatic hydroxyl groups is 2. The van der Waals surface area contributed by atoms with E-state index in [1.165, 1.54) is 6.07 Å². The molecule has 1 fully saturated rings. The Morgan fingerprint density at radius 2 is 2.12 bits per heavy atom. The van der Waals surface area contributed by atoms with Crippen LogP contribution in [-0.2, 0) is 0 Å². The van der Waals surface area contributed by atoms with Crippen LogP contribution < -0.4 is 5.32 Å². The Labute approximate surface area is 101 Å². The van der Waals surface area contributed by atoms with Gasteiger partial charge in [-0.2, -0.15) is 0 Å². The minimum Gasteiger partial charge on any atom is -0.504 e. The Morgan fingerprint density at radius 1 is 1.38 bits per heavy atom. The number of amides is 1. The molecular weight excluding hydrogens is 246 g/mol. The standard InChI is InChI=1S/C10H7NO3S2/c12-6-3-1-2-5(8(6)13)4-7-9(15)11-10(14)16-7/h1-4,12-13H,(H,11,14,15)/b7-4+. The summed E-state index contributed by atoms with van der Waals surface area (Å²) in [7, 11) is 0. The van der Waals surface area contributed by atoms with Crippen molar-refractivity contribution < 1.29 is 15.0 Å². The van der Waals surface area contributed by atoms with Crippen molar-refractivity contribution in [1.82, 2.24) is 5.32 Å². The van der Waals surface area contributed by atoms with Crippen LogP contribution in [-0.4, -0.2) is 20.4 Å². The monoisotopic (exact) mass is 253 g/mol. The number of hydrogen-bond acceptors (Lipinski definition) is 5. The molecular formula is C10H7NO3S2. The van der Waals surface area contributed by atoms with E-state index < -0.39 is 0 Å². The van der Waals surface area contributed by atoms with E-state index in [-0.39, 0.29) is 16.7 Å². The van der Waals surface area contributed by atoms with Gasteiger partial charge in [-0.25, -0.2) is 0 Å². The number of thioether (sulfide) groups is 1. The molecule has 2 rings (SSSR count). The molecule has 0 saturated carbocycles. The minimum atomic E-state index is -0.240. The lowest BCUT2D eigenvalue weighted by molar-refractivity contribution is 0.265. The topological polar surface area (TPSA) is 69.6 Å². The molecule has 1 aliphatic heterocycles. The van der Waals surface area contributed by atoms with Crippen molar-refractivity contribution in [3.63, 3.8) is 0 Å². The van der Waals surface area contributed by atoms with Gasteiger partial charge in [0.05, 0.1) is 4.91 Å². The van der Waals surface area contributed by atoms with Crippen LogP contribution in [0.15, 0.2) is 23.1 Å². The van der Waals surface area contributed by atoms with Crippen molar-refractivity contribution in [1.29, 1.82) is 0 Å². The number of thiocarbonyl (C=S) groups is 1. The molecule has 0 spiro atoms. The highest BCUT2D eigenvalue weighted by Gasteiger charge is 2.21. The molecule has 82 valence electrons. The fourth-order valence-corrected chi connectivity index (χ4v) is 2.25. The van der Waals surface area contributed by atoms with E-state index in [2.05, 4.69) is 5.32 Å². The summed E-state index contributed by atoms with van der Waals surface area (Å²) in [5.74, 6) is -0.430. The molecule has 0 aliphatic carbocycles. The largest absolute Gasteiger partial charge is 0.504 e. The van der Waals surface area contributed by atoms with Gasteiger partial charge in [0, 0.05) is 5.56 Å². The number of nitrogens with one attached hydrogen (secondary N) is 1. The van der Waals surface area contributed by atoms with Crippen molar-refractivity contribution in [2.45, 2.75) is 0 Å². The van der Waals surface area contributed by atoms with Gasteiger partial charge in [-0.15, -0.1) is 0 Å². The zero-order chi connectivity index (χ0) is 11.7. The lowest BCUT2D eigenvalue weighted by Gasteiger charge is -2.01. The summed E-state index contributed by atoms with van der Waals surface area (Å²) in [5.41, 5.74) is 0.418. The number of phenols is 2. The molecule has 1 amide bonds. The molecule has 1 aromatic rings. The second kappa shape index (κ2) is 4.15. The van der Waals surface area contributed by atoms with Crippen LogP contribution in [0.25, 0.3) is 6.08 Å². The second-order valence-electron chi connectivity index (χ2n) is 3.07. The van der Waals surface area contributed by atoms with E-state index in [4.69, 9.17) is 12.2 Å². The van der Waals surface area contributed by atoms with Gasteiger partial charge >= 0.3 is 0 Å². The first-order valence-electron chi connectivity index (χ1n) is 4.34. The Hall–Kier alpha value is -1.53. The van der Waals surface area contributed by atoms with Crippen molar-refractivity contribution in [2.75, 3.05) is 0 Å². The van der Waals surface area contributed by atoms with E-state index in [9.17, 15) is 15.0 Å². The van der Waals surface area contributed by atoms with Crippen LogP contribution >= 0.6 is 24.0 Å². The van der Waals surface area contributed by atoms with Crippen LogP contribution in [0.3, 0.4) is 0 Å². The first kappa shape index (κ1) is 11.0. The zero-order valence-corrected chi connectivity index (χ0v) is 9.56. The normalized spacial score (nSPS) is 17.9. The number of rotatable bonds is 1. The summed E-state index contributed by atoms with van der Waals surface area (Å²) < 4.78 is 0. The van der Waals surface area contributed by atoms with Crippen LogP contribution in [0.5, 0.6) is 11.5 Å². The van der Waals surface area contributed by atoms with Gasteiger partial charge in [0.15, 0.2) is 11.5 Å². The summed E-state index contributed by atoms with van der Waals surface area (Å²) in [6.45, 7) is 0. The van der Waals surface area contributed by atoms with Crippen molar-refractivity contribution in [3.8, 4) is 11.5 Å². The summed E-state index contributed by atoms with van der Waals surface area (Å²) in [6.07, 6.45) is 1.56. The number of benzene rings is 1.